The molecule has 0 spiro atoms. The second-order valence-electron chi connectivity index (χ2n) is 5.87. The van der Waals surface area contributed by atoms with Gasteiger partial charge in [0, 0.05) is 16.9 Å². The summed E-state index contributed by atoms with van der Waals surface area (Å²) in [6, 6.07) is 4.31. The van der Waals surface area contributed by atoms with Gasteiger partial charge in [0.2, 0.25) is 5.91 Å². The molecule has 19 heavy (non-hydrogen) atoms. The van der Waals surface area contributed by atoms with Crippen molar-refractivity contribution in [1.82, 2.24) is 0 Å². The van der Waals surface area contributed by atoms with Crippen molar-refractivity contribution in [3.05, 3.63) is 28.5 Å². The largest absolute Gasteiger partial charge is 0.327 e. The van der Waals surface area contributed by atoms with Gasteiger partial charge in [-0.15, -0.1) is 0 Å². The number of rotatable bonds is 4. The Balaban J connectivity index is 2.61. The first-order valence-electron chi connectivity index (χ1n) is 6.18. The number of benzene rings is 1. The molecule has 1 aromatic carbocycles. The minimum Gasteiger partial charge on any atom is -0.327 e. The summed E-state index contributed by atoms with van der Waals surface area (Å²) in [5.41, 5.74) is 6.15. The predicted molar refractivity (Wildman–Crippen MR) is 79.4 cm³/mol. The van der Waals surface area contributed by atoms with Crippen molar-refractivity contribution in [2.45, 2.75) is 39.7 Å². The van der Waals surface area contributed by atoms with Crippen LogP contribution in [0.25, 0.3) is 0 Å². The molecule has 0 radical (unpaired) electrons. The summed E-state index contributed by atoms with van der Waals surface area (Å²) >= 11 is 3.20. The third-order valence-corrected chi connectivity index (χ3v) is 3.21. The van der Waals surface area contributed by atoms with E-state index in [0.29, 0.717) is 4.47 Å². The number of nitrogens with two attached hydrogens (primary N) is 1. The summed E-state index contributed by atoms with van der Waals surface area (Å²) in [5, 5.41) is 2.55. The molecular formula is C14H20BrFN2O. The Labute approximate surface area is 121 Å². The lowest BCUT2D eigenvalue weighted by Crippen LogP contribution is -2.31. The molecule has 1 amide bonds. The van der Waals surface area contributed by atoms with Crippen molar-refractivity contribution in [3.63, 3.8) is 0 Å². The van der Waals surface area contributed by atoms with Crippen molar-refractivity contribution in [2.75, 3.05) is 5.32 Å². The predicted octanol–water partition coefficient (Wildman–Crippen LogP) is 3.68. The number of carbonyl (C=O) groups is 1. The number of para-hydroxylation sites is 1. The quantitative estimate of drug-likeness (QED) is 0.884. The molecule has 3 N–H and O–H groups in total. The fourth-order valence-electron chi connectivity index (χ4n) is 1.90. The second kappa shape index (κ2) is 6.48. The molecule has 5 heteroatoms. The maximum Gasteiger partial charge on any atom is 0.226 e. The van der Waals surface area contributed by atoms with Crippen LogP contribution >= 0.6 is 15.9 Å². The second-order valence-corrected chi connectivity index (χ2v) is 6.73. The molecule has 1 rings (SSSR count). The van der Waals surface area contributed by atoms with Gasteiger partial charge in [-0.25, -0.2) is 4.39 Å². The molecule has 0 heterocycles. The fourth-order valence-corrected chi connectivity index (χ4v) is 2.35. The summed E-state index contributed by atoms with van der Waals surface area (Å²) in [7, 11) is 0. The number of amides is 1. The molecule has 1 atom stereocenters. The molecule has 0 aliphatic rings. The Morgan fingerprint density at radius 3 is 2.63 bits per heavy atom. The zero-order valence-electron chi connectivity index (χ0n) is 11.5. The fraction of sp³-hybridized carbons (Fsp3) is 0.500. The van der Waals surface area contributed by atoms with Gasteiger partial charge in [-0.3, -0.25) is 4.79 Å². The van der Waals surface area contributed by atoms with Gasteiger partial charge in [-0.1, -0.05) is 26.8 Å². The first kappa shape index (κ1) is 16.1. The molecule has 0 aliphatic carbocycles. The van der Waals surface area contributed by atoms with E-state index in [1.54, 1.807) is 12.1 Å². The Kier molecular flexibility index (Phi) is 5.50. The smallest absolute Gasteiger partial charge is 0.226 e. The number of hydrogen-bond acceptors (Lipinski definition) is 2. The average molecular weight is 331 g/mol. The lowest BCUT2D eigenvalue weighted by molar-refractivity contribution is -0.116. The lowest BCUT2D eigenvalue weighted by atomic mass is 9.87. The van der Waals surface area contributed by atoms with Gasteiger partial charge in [0.15, 0.2) is 0 Å². The molecular weight excluding hydrogens is 311 g/mol. The Hall–Kier alpha value is -0.940. The highest BCUT2D eigenvalue weighted by Crippen LogP contribution is 2.26. The van der Waals surface area contributed by atoms with Gasteiger partial charge < -0.3 is 11.1 Å². The van der Waals surface area contributed by atoms with Crippen LogP contribution in [0.3, 0.4) is 0 Å². The molecule has 1 unspecified atom stereocenters. The maximum absolute atomic E-state index is 13.5. The van der Waals surface area contributed by atoms with Crippen LogP contribution in [-0.2, 0) is 4.79 Å². The van der Waals surface area contributed by atoms with E-state index in [4.69, 9.17) is 5.73 Å². The van der Waals surface area contributed by atoms with Gasteiger partial charge in [-0.05, 0) is 39.9 Å². The Morgan fingerprint density at radius 2 is 2.11 bits per heavy atom. The third-order valence-electron chi connectivity index (χ3n) is 2.55. The summed E-state index contributed by atoms with van der Waals surface area (Å²) in [5.74, 6) is -0.741. The topological polar surface area (TPSA) is 55.1 Å². The van der Waals surface area contributed by atoms with Crippen molar-refractivity contribution < 1.29 is 9.18 Å². The molecule has 0 saturated heterocycles. The standard InChI is InChI=1S/C14H20BrFN2O/c1-14(2,3)8-9(17)7-12(19)18-13-10(15)5-4-6-11(13)16/h4-6,9H,7-8,17H2,1-3H3,(H,18,19). The van der Waals surface area contributed by atoms with Gasteiger partial charge in [-0.2, -0.15) is 0 Å². The highest BCUT2D eigenvalue weighted by molar-refractivity contribution is 9.10. The Morgan fingerprint density at radius 1 is 1.47 bits per heavy atom. The van der Waals surface area contributed by atoms with Gasteiger partial charge in [0.1, 0.15) is 5.82 Å². The minimum absolute atomic E-state index is 0.0677. The van der Waals surface area contributed by atoms with Crippen molar-refractivity contribution in [2.24, 2.45) is 11.1 Å². The monoisotopic (exact) mass is 330 g/mol. The molecule has 0 aliphatic heterocycles. The third kappa shape index (κ3) is 5.70. The van der Waals surface area contributed by atoms with E-state index in [2.05, 4.69) is 42.0 Å². The van der Waals surface area contributed by atoms with E-state index >= 15 is 0 Å². The van der Waals surface area contributed by atoms with E-state index in [1.165, 1.54) is 6.07 Å². The number of anilines is 1. The van der Waals surface area contributed by atoms with Gasteiger partial charge in [0.05, 0.1) is 5.69 Å². The molecule has 0 aromatic heterocycles. The minimum atomic E-state index is -0.466. The van der Waals surface area contributed by atoms with Crippen LogP contribution in [0.2, 0.25) is 0 Å². The molecule has 1 aromatic rings. The lowest BCUT2D eigenvalue weighted by Gasteiger charge is -2.22. The zero-order valence-corrected chi connectivity index (χ0v) is 13.1. The number of carbonyl (C=O) groups excluding carboxylic acids is 1. The summed E-state index contributed by atoms with van der Waals surface area (Å²) < 4.78 is 14.1. The SMILES string of the molecule is CC(C)(C)CC(N)CC(=O)Nc1c(F)cccc1Br. The van der Waals surface area contributed by atoms with E-state index in [1.807, 2.05) is 0 Å². The van der Waals surface area contributed by atoms with Crippen LogP contribution in [-0.4, -0.2) is 11.9 Å². The normalized spacial score (nSPS) is 13.2. The van der Waals surface area contributed by atoms with Crippen LogP contribution in [0.5, 0.6) is 0 Å². The highest BCUT2D eigenvalue weighted by atomic mass is 79.9. The van der Waals surface area contributed by atoms with Crippen molar-refractivity contribution >= 4 is 27.5 Å². The molecule has 106 valence electrons. The van der Waals surface area contributed by atoms with Crippen LogP contribution < -0.4 is 11.1 Å². The maximum atomic E-state index is 13.5. The van der Waals surface area contributed by atoms with Crippen LogP contribution in [0, 0.1) is 11.2 Å². The molecule has 0 bridgehead atoms. The van der Waals surface area contributed by atoms with Gasteiger partial charge in [0.25, 0.3) is 0 Å². The van der Waals surface area contributed by atoms with Crippen molar-refractivity contribution in [1.29, 1.82) is 0 Å². The van der Waals surface area contributed by atoms with Crippen LogP contribution in [0.15, 0.2) is 22.7 Å². The molecule has 0 saturated carbocycles. The Bertz CT molecular complexity index is 437. The van der Waals surface area contributed by atoms with Gasteiger partial charge >= 0.3 is 0 Å². The summed E-state index contributed by atoms with van der Waals surface area (Å²) in [4.78, 5) is 11.8. The number of halogens is 2. The first-order valence-corrected chi connectivity index (χ1v) is 6.98. The highest BCUT2D eigenvalue weighted by Gasteiger charge is 2.19. The van der Waals surface area contributed by atoms with E-state index in [0.717, 1.165) is 6.42 Å². The van der Waals surface area contributed by atoms with E-state index in [-0.39, 0.29) is 29.5 Å². The van der Waals surface area contributed by atoms with Crippen LogP contribution in [0.4, 0.5) is 10.1 Å². The number of nitrogens with one attached hydrogen (secondary N) is 1. The zero-order chi connectivity index (χ0) is 14.6. The first-order chi connectivity index (χ1) is 8.69. The summed E-state index contributed by atoms with van der Waals surface area (Å²) in [6.07, 6.45) is 0.914. The van der Waals surface area contributed by atoms with Crippen molar-refractivity contribution in [3.8, 4) is 0 Å². The van der Waals surface area contributed by atoms with Crippen LogP contribution in [0.1, 0.15) is 33.6 Å². The summed E-state index contributed by atoms with van der Waals surface area (Å²) in [6.45, 7) is 6.20. The van der Waals surface area contributed by atoms with E-state index < -0.39 is 5.82 Å². The average Bonchev–Trinajstić information content (AvgIpc) is 2.20. The number of hydrogen-bond donors (Lipinski definition) is 2. The van der Waals surface area contributed by atoms with E-state index in [9.17, 15) is 9.18 Å². The molecule has 0 fully saturated rings. The molecule has 3 nitrogen and oxygen atoms in total.